The number of rotatable bonds is 4. The van der Waals surface area contributed by atoms with Gasteiger partial charge in [0.1, 0.15) is 0 Å². The van der Waals surface area contributed by atoms with Crippen molar-refractivity contribution in [3.8, 4) is 0 Å². The first-order chi connectivity index (χ1) is 5.49. The molecule has 1 nitrogen and oxygen atoms in total. The first kappa shape index (κ1) is 10.8. The fourth-order valence-electron chi connectivity index (χ4n) is 0.857. The minimum Gasteiger partial charge on any atom is -0.359 e. The Balaban J connectivity index is 4.78. The lowest BCUT2D eigenvalue weighted by Crippen LogP contribution is -2.11. The van der Waals surface area contributed by atoms with Crippen LogP contribution in [-0.4, -0.2) is 0 Å². The van der Waals surface area contributed by atoms with Crippen molar-refractivity contribution in [3.63, 3.8) is 0 Å². The highest BCUT2D eigenvalue weighted by atomic mass is 14.9. The van der Waals surface area contributed by atoms with E-state index in [0.29, 0.717) is 0 Å². The highest BCUT2D eigenvalue weighted by Crippen LogP contribution is 2.11. The van der Waals surface area contributed by atoms with Gasteiger partial charge in [-0.3, -0.25) is 0 Å². The quantitative estimate of drug-likeness (QED) is 0.628. The zero-order valence-electron chi connectivity index (χ0n) is 8.20. The molecule has 66 valence electrons. The second-order valence-electron chi connectivity index (χ2n) is 2.95. The highest BCUT2D eigenvalue weighted by Gasteiger charge is 1.99. The molecule has 0 saturated heterocycles. The van der Waals surface area contributed by atoms with Gasteiger partial charge < -0.3 is 5.32 Å². The van der Waals surface area contributed by atoms with Gasteiger partial charge in [-0.1, -0.05) is 25.8 Å². The van der Waals surface area contributed by atoms with Crippen molar-refractivity contribution in [2.24, 2.45) is 0 Å². The Hall–Kier alpha value is -1.24. The maximum atomic E-state index is 3.87. The highest BCUT2D eigenvalue weighted by molar-refractivity contribution is 5.36. The summed E-state index contributed by atoms with van der Waals surface area (Å²) < 4.78 is 0. The fraction of sp³-hybridized carbons (Fsp3) is 0.273. The molecule has 1 N–H and O–H groups in total. The summed E-state index contributed by atoms with van der Waals surface area (Å²) in [5, 5.41) is 3.14. The van der Waals surface area contributed by atoms with Crippen LogP contribution >= 0.6 is 0 Å². The van der Waals surface area contributed by atoms with Gasteiger partial charge in [-0.25, -0.2) is 0 Å². The van der Waals surface area contributed by atoms with Crippen molar-refractivity contribution in [1.82, 2.24) is 5.32 Å². The van der Waals surface area contributed by atoms with E-state index in [0.717, 1.165) is 22.5 Å². The Morgan fingerprint density at radius 2 is 1.67 bits per heavy atom. The molecule has 0 aliphatic rings. The van der Waals surface area contributed by atoms with Crippen LogP contribution in [0.2, 0.25) is 0 Å². The zero-order chi connectivity index (χ0) is 9.72. The number of hydrogen-bond acceptors (Lipinski definition) is 1. The molecule has 0 rings (SSSR count). The molecule has 0 bridgehead atoms. The molecule has 12 heavy (non-hydrogen) atoms. The SMILES string of the molecule is C=C/C(C)=C(/NC(=C)C)C(=C)C. The summed E-state index contributed by atoms with van der Waals surface area (Å²) in [4.78, 5) is 0. The Labute approximate surface area is 75.2 Å². The molecular weight excluding hydrogens is 146 g/mol. The van der Waals surface area contributed by atoms with Crippen LogP contribution < -0.4 is 5.32 Å². The van der Waals surface area contributed by atoms with E-state index in [1.165, 1.54) is 0 Å². The van der Waals surface area contributed by atoms with E-state index < -0.39 is 0 Å². The maximum Gasteiger partial charge on any atom is 0.0434 e. The Bertz CT molecular complexity index is 244. The Kier molecular flexibility index (Phi) is 4.12. The maximum absolute atomic E-state index is 3.87. The molecule has 0 fully saturated rings. The van der Waals surface area contributed by atoms with Gasteiger partial charge >= 0.3 is 0 Å². The summed E-state index contributed by atoms with van der Waals surface area (Å²) in [6, 6.07) is 0. The van der Waals surface area contributed by atoms with Gasteiger partial charge in [0, 0.05) is 11.4 Å². The van der Waals surface area contributed by atoms with Crippen molar-refractivity contribution < 1.29 is 0 Å². The average Bonchev–Trinajstić information content (AvgIpc) is 1.98. The van der Waals surface area contributed by atoms with Gasteiger partial charge in [0.05, 0.1) is 0 Å². The largest absolute Gasteiger partial charge is 0.359 e. The van der Waals surface area contributed by atoms with Crippen LogP contribution in [0, 0.1) is 0 Å². The molecule has 1 heteroatoms. The van der Waals surface area contributed by atoms with E-state index in [2.05, 4.69) is 25.1 Å². The van der Waals surface area contributed by atoms with Crippen molar-refractivity contribution in [2.45, 2.75) is 20.8 Å². The lowest BCUT2D eigenvalue weighted by atomic mass is 10.1. The predicted molar refractivity (Wildman–Crippen MR) is 55.7 cm³/mol. The van der Waals surface area contributed by atoms with E-state index in [4.69, 9.17) is 0 Å². The van der Waals surface area contributed by atoms with E-state index in [9.17, 15) is 0 Å². The molecule has 0 spiro atoms. The third-order valence-corrected chi connectivity index (χ3v) is 1.47. The van der Waals surface area contributed by atoms with Gasteiger partial charge in [0.15, 0.2) is 0 Å². The van der Waals surface area contributed by atoms with Crippen molar-refractivity contribution in [3.05, 3.63) is 48.4 Å². The van der Waals surface area contributed by atoms with Gasteiger partial charge in [0.25, 0.3) is 0 Å². The van der Waals surface area contributed by atoms with Crippen LogP contribution in [-0.2, 0) is 0 Å². The molecule has 0 heterocycles. The van der Waals surface area contributed by atoms with E-state index in [1.807, 2.05) is 20.8 Å². The topological polar surface area (TPSA) is 12.0 Å². The molecular formula is C11H17N. The lowest BCUT2D eigenvalue weighted by molar-refractivity contribution is 0.967. The minimum absolute atomic E-state index is 0.911. The zero-order valence-corrected chi connectivity index (χ0v) is 8.20. The van der Waals surface area contributed by atoms with Gasteiger partial charge in [0.2, 0.25) is 0 Å². The van der Waals surface area contributed by atoms with E-state index >= 15 is 0 Å². The molecule has 0 saturated carbocycles. The summed E-state index contributed by atoms with van der Waals surface area (Å²) in [5.74, 6) is 0. The first-order valence-corrected chi connectivity index (χ1v) is 3.90. The smallest absolute Gasteiger partial charge is 0.0434 e. The normalized spacial score (nSPS) is 11.6. The van der Waals surface area contributed by atoms with Crippen LogP contribution in [0.25, 0.3) is 0 Å². The summed E-state index contributed by atoms with van der Waals surface area (Å²) in [7, 11) is 0. The summed E-state index contributed by atoms with van der Waals surface area (Å²) in [6.07, 6.45) is 1.81. The molecule has 0 aromatic carbocycles. The molecule has 0 radical (unpaired) electrons. The number of nitrogens with one attached hydrogen (secondary N) is 1. The summed E-state index contributed by atoms with van der Waals surface area (Å²) in [6.45, 7) is 17.2. The van der Waals surface area contributed by atoms with Crippen LogP contribution in [0.1, 0.15) is 20.8 Å². The third kappa shape index (κ3) is 3.24. The van der Waals surface area contributed by atoms with Crippen LogP contribution in [0.4, 0.5) is 0 Å². The Morgan fingerprint density at radius 1 is 1.17 bits per heavy atom. The van der Waals surface area contributed by atoms with Gasteiger partial charge in [-0.05, 0) is 31.9 Å². The second kappa shape index (κ2) is 4.60. The monoisotopic (exact) mass is 163 g/mol. The molecule has 0 amide bonds. The van der Waals surface area contributed by atoms with E-state index in [1.54, 1.807) is 6.08 Å². The molecule has 0 atom stereocenters. The summed E-state index contributed by atoms with van der Waals surface area (Å²) in [5.41, 5.74) is 4.01. The van der Waals surface area contributed by atoms with Crippen molar-refractivity contribution in [2.75, 3.05) is 0 Å². The Morgan fingerprint density at radius 3 is 1.92 bits per heavy atom. The van der Waals surface area contributed by atoms with E-state index in [-0.39, 0.29) is 0 Å². The molecule has 0 aromatic rings. The van der Waals surface area contributed by atoms with Crippen LogP contribution in [0.5, 0.6) is 0 Å². The number of hydrogen-bond donors (Lipinski definition) is 1. The van der Waals surface area contributed by atoms with Crippen LogP contribution in [0.15, 0.2) is 48.4 Å². The molecule has 0 unspecified atom stereocenters. The minimum atomic E-state index is 0.911. The lowest BCUT2D eigenvalue weighted by Gasteiger charge is -2.12. The molecule has 0 aliphatic carbocycles. The average molecular weight is 163 g/mol. The van der Waals surface area contributed by atoms with Crippen molar-refractivity contribution in [1.29, 1.82) is 0 Å². The van der Waals surface area contributed by atoms with Crippen molar-refractivity contribution >= 4 is 0 Å². The molecule has 0 aliphatic heterocycles. The molecule has 0 aromatic heterocycles. The number of allylic oxidation sites excluding steroid dienone is 4. The van der Waals surface area contributed by atoms with Gasteiger partial charge in [-0.2, -0.15) is 0 Å². The third-order valence-electron chi connectivity index (χ3n) is 1.47. The summed E-state index contributed by atoms with van der Waals surface area (Å²) >= 11 is 0. The fourth-order valence-corrected chi connectivity index (χ4v) is 0.857. The predicted octanol–water partition coefficient (Wildman–Crippen LogP) is 3.15. The second-order valence-corrected chi connectivity index (χ2v) is 2.95. The first-order valence-electron chi connectivity index (χ1n) is 3.90. The van der Waals surface area contributed by atoms with Crippen LogP contribution in [0.3, 0.4) is 0 Å². The standard InChI is InChI=1S/C11H17N/c1-7-10(6)11(8(2)3)12-9(4)5/h7,12H,1-2,4H2,3,5-6H3/b11-10+. The van der Waals surface area contributed by atoms with Gasteiger partial charge in [-0.15, -0.1) is 0 Å².